The van der Waals surface area contributed by atoms with Crippen LogP contribution in [0.2, 0.25) is 5.02 Å². The highest BCUT2D eigenvalue weighted by Gasteiger charge is 2.27. The topological polar surface area (TPSA) is 17.1 Å². The van der Waals surface area contributed by atoms with E-state index >= 15 is 0 Å². The van der Waals surface area contributed by atoms with E-state index in [1.54, 1.807) is 0 Å². The summed E-state index contributed by atoms with van der Waals surface area (Å²) in [6.07, 6.45) is 0. The third kappa shape index (κ3) is 3.47. The van der Waals surface area contributed by atoms with Crippen molar-refractivity contribution in [2.75, 3.05) is 0 Å². The van der Waals surface area contributed by atoms with Crippen LogP contribution in [0.5, 0.6) is 0 Å². The Labute approximate surface area is 134 Å². The van der Waals surface area contributed by atoms with Crippen molar-refractivity contribution in [2.45, 2.75) is 9.65 Å². The van der Waals surface area contributed by atoms with Crippen molar-refractivity contribution in [3.8, 4) is 0 Å². The maximum atomic E-state index is 12.4. The molecule has 2 rings (SSSR count). The predicted octanol–water partition coefficient (Wildman–Crippen LogP) is 5.42. The van der Waals surface area contributed by atoms with Gasteiger partial charge in [-0.1, -0.05) is 92.0 Å². The molecule has 1 nitrogen and oxygen atoms in total. The third-order valence-corrected chi connectivity index (χ3v) is 5.79. The maximum absolute atomic E-state index is 12.4. The molecule has 2 atom stereocenters. The number of alkyl halides is 2. The molecule has 0 aliphatic heterocycles. The Bertz CT molecular complexity index is 571. The average Bonchev–Trinajstić information content (AvgIpc) is 2.46. The van der Waals surface area contributed by atoms with Gasteiger partial charge < -0.3 is 0 Å². The minimum atomic E-state index is -0.366. The summed E-state index contributed by atoms with van der Waals surface area (Å²) in [7, 11) is 0. The van der Waals surface area contributed by atoms with Crippen molar-refractivity contribution in [3.63, 3.8) is 0 Å². The molecule has 2 aromatic rings. The fourth-order valence-electron chi connectivity index (χ4n) is 1.75. The second-order valence-electron chi connectivity index (χ2n) is 4.06. The monoisotopic (exact) mass is 400 g/mol. The molecule has 0 amide bonds. The van der Waals surface area contributed by atoms with Crippen LogP contribution in [0.1, 0.15) is 20.7 Å². The number of carbonyl (C=O) groups excluding carboxylic acids is 1. The number of halogens is 3. The van der Waals surface area contributed by atoms with Gasteiger partial charge in [0.1, 0.15) is 0 Å². The zero-order valence-corrected chi connectivity index (χ0v) is 13.8. The highest BCUT2D eigenvalue weighted by atomic mass is 79.9. The average molecular weight is 403 g/mol. The summed E-state index contributed by atoms with van der Waals surface area (Å²) in [5, 5.41) is 0.648. The maximum Gasteiger partial charge on any atom is 0.177 e. The molecule has 0 spiro atoms. The lowest BCUT2D eigenvalue weighted by Gasteiger charge is -2.17. The summed E-state index contributed by atoms with van der Waals surface area (Å²) in [6, 6.07) is 16.7. The van der Waals surface area contributed by atoms with E-state index in [0.717, 1.165) is 5.56 Å². The third-order valence-electron chi connectivity index (χ3n) is 2.77. The molecule has 0 fully saturated rings. The minimum absolute atomic E-state index is 0.0300. The van der Waals surface area contributed by atoms with E-state index in [2.05, 4.69) is 31.9 Å². The smallest absolute Gasteiger partial charge is 0.177 e. The molecule has 0 radical (unpaired) electrons. The van der Waals surface area contributed by atoms with Crippen LogP contribution in [0.4, 0.5) is 0 Å². The lowest BCUT2D eigenvalue weighted by atomic mass is 10.0. The zero-order valence-electron chi connectivity index (χ0n) is 9.89. The van der Waals surface area contributed by atoms with E-state index in [1.165, 1.54) is 0 Å². The Balaban J connectivity index is 2.23. The van der Waals surface area contributed by atoms with Crippen LogP contribution in [-0.4, -0.2) is 10.6 Å². The highest BCUT2D eigenvalue weighted by Crippen LogP contribution is 2.36. The fourth-order valence-corrected chi connectivity index (χ4v) is 3.32. The Kier molecular flexibility index (Phi) is 5.20. The van der Waals surface area contributed by atoms with Gasteiger partial charge in [-0.15, -0.1) is 0 Å². The molecule has 0 aliphatic rings. The molecule has 0 N–H and O–H groups in total. The van der Waals surface area contributed by atoms with Gasteiger partial charge in [0.05, 0.1) is 9.65 Å². The van der Waals surface area contributed by atoms with Crippen LogP contribution in [0.15, 0.2) is 54.6 Å². The lowest BCUT2D eigenvalue weighted by Crippen LogP contribution is -2.19. The first-order chi connectivity index (χ1) is 9.11. The minimum Gasteiger partial charge on any atom is -0.293 e. The number of rotatable bonds is 4. The summed E-state index contributed by atoms with van der Waals surface area (Å²) in [4.78, 5) is 11.8. The molecular weight excluding hydrogens is 391 g/mol. The standard InChI is InChI=1S/C15H11Br2ClO/c16-13(11-8-4-5-9-12(11)18)14(17)15(19)10-6-2-1-3-7-10/h1-9,13-14H. The van der Waals surface area contributed by atoms with Crippen LogP contribution in [0.3, 0.4) is 0 Å². The number of Topliss-reactive ketones (excluding diaryl/α,β-unsaturated/α-hetero) is 1. The molecule has 2 unspecified atom stereocenters. The van der Waals surface area contributed by atoms with Gasteiger partial charge in [-0.25, -0.2) is 0 Å². The van der Waals surface area contributed by atoms with Crippen LogP contribution in [0.25, 0.3) is 0 Å². The first-order valence-corrected chi connectivity index (χ1v) is 7.94. The Morgan fingerprint density at radius 2 is 1.53 bits per heavy atom. The molecule has 0 saturated heterocycles. The number of ketones is 1. The molecule has 19 heavy (non-hydrogen) atoms. The van der Waals surface area contributed by atoms with Gasteiger partial charge in [0, 0.05) is 10.6 Å². The molecule has 0 aliphatic carbocycles. The van der Waals surface area contributed by atoms with Crippen molar-refractivity contribution in [1.82, 2.24) is 0 Å². The summed E-state index contributed by atoms with van der Waals surface area (Å²) in [5.41, 5.74) is 1.58. The fraction of sp³-hybridized carbons (Fsp3) is 0.133. The molecular formula is C15H11Br2ClO. The van der Waals surface area contributed by atoms with Gasteiger partial charge in [-0.05, 0) is 11.6 Å². The molecule has 0 heterocycles. The van der Waals surface area contributed by atoms with E-state index in [9.17, 15) is 4.79 Å². The SMILES string of the molecule is O=C(c1ccccc1)C(Br)C(Br)c1ccccc1Cl. The second kappa shape index (κ2) is 6.69. The van der Waals surface area contributed by atoms with Gasteiger partial charge in [0.15, 0.2) is 5.78 Å². The van der Waals surface area contributed by atoms with Crippen molar-refractivity contribution in [1.29, 1.82) is 0 Å². The molecule has 2 aromatic carbocycles. The summed E-state index contributed by atoms with van der Waals surface area (Å²) < 4.78 is 0. The lowest BCUT2D eigenvalue weighted by molar-refractivity contribution is 0.0991. The summed E-state index contributed by atoms with van der Waals surface area (Å²) in [6.45, 7) is 0. The molecule has 4 heteroatoms. The van der Waals surface area contributed by atoms with Gasteiger partial charge in [-0.2, -0.15) is 0 Å². The Hall–Kier alpha value is -0.640. The van der Waals surface area contributed by atoms with Gasteiger partial charge in [0.2, 0.25) is 0 Å². The van der Waals surface area contributed by atoms with Crippen molar-refractivity contribution in [2.24, 2.45) is 0 Å². The quantitative estimate of drug-likeness (QED) is 0.493. The van der Waals surface area contributed by atoms with Gasteiger partial charge >= 0.3 is 0 Å². The number of hydrogen-bond donors (Lipinski definition) is 0. The van der Waals surface area contributed by atoms with Gasteiger partial charge in [-0.3, -0.25) is 4.79 Å². The van der Waals surface area contributed by atoms with E-state index < -0.39 is 0 Å². The molecule has 0 saturated carbocycles. The van der Waals surface area contributed by atoms with Crippen molar-refractivity contribution >= 4 is 49.2 Å². The molecule has 0 aromatic heterocycles. The van der Waals surface area contributed by atoms with Crippen molar-refractivity contribution in [3.05, 3.63) is 70.7 Å². The number of hydrogen-bond acceptors (Lipinski definition) is 1. The van der Waals surface area contributed by atoms with Crippen molar-refractivity contribution < 1.29 is 4.79 Å². The van der Waals surface area contributed by atoms with Crippen LogP contribution >= 0.6 is 43.5 Å². The van der Waals surface area contributed by atoms with Crippen LogP contribution in [0, 0.1) is 0 Å². The zero-order chi connectivity index (χ0) is 13.8. The van der Waals surface area contributed by atoms with Crippen LogP contribution < -0.4 is 0 Å². The number of carbonyl (C=O) groups is 1. The van der Waals surface area contributed by atoms with Crippen LogP contribution in [-0.2, 0) is 0 Å². The second-order valence-corrected chi connectivity index (χ2v) is 6.44. The largest absolute Gasteiger partial charge is 0.293 e. The summed E-state index contributed by atoms with van der Waals surface area (Å²) in [5.74, 6) is 0.0300. The number of benzene rings is 2. The molecule has 98 valence electrons. The Morgan fingerprint density at radius 1 is 0.947 bits per heavy atom. The Morgan fingerprint density at radius 3 is 2.16 bits per heavy atom. The first-order valence-electron chi connectivity index (χ1n) is 5.73. The first kappa shape index (κ1) is 14.8. The predicted molar refractivity (Wildman–Crippen MR) is 86.6 cm³/mol. The normalized spacial score (nSPS) is 13.8. The van der Waals surface area contributed by atoms with E-state index in [-0.39, 0.29) is 15.4 Å². The van der Waals surface area contributed by atoms with E-state index in [4.69, 9.17) is 11.6 Å². The van der Waals surface area contributed by atoms with E-state index in [1.807, 2.05) is 54.6 Å². The highest BCUT2D eigenvalue weighted by molar-refractivity contribution is 9.12. The van der Waals surface area contributed by atoms with E-state index in [0.29, 0.717) is 10.6 Å². The van der Waals surface area contributed by atoms with Gasteiger partial charge in [0.25, 0.3) is 0 Å². The summed E-state index contributed by atoms with van der Waals surface area (Å²) >= 11 is 13.2. The molecule has 0 bridgehead atoms.